The molecular weight excluding hydrogens is 418 g/mol. The number of urea groups is 1. The molecule has 1 fully saturated rings. The Labute approximate surface area is 172 Å². The van der Waals surface area contributed by atoms with Crippen molar-refractivity contribution in [3.8, 4) is 11.1 Å². The molecule has 1 aliphatic rings. The molecular formula is C20H13ClF2N4OS. The van der Waals surface area contributed by atoms with Gasteiger partial charge in [-0.2, -0.15) is 0 Å². The van der Waals surface area contributed by atoms with Crippen LogP contribution in [0.15, 0.2) is 48.1 Å². The van der Waals surface area contributed by atoms with Crippen LogP contribution >= 0.6 is 22.9 Å². The van der Waals surface area contributed by atoms with Crippen LogP contribution in [0.4, 0.5) is 19.3 Å². The largest absolute Gasteiger partial charge is 0.345 e. The molecule has 0 radical (unpaired) electrons. The Kier molecular flexibility index (Phi) is 4.25. The van der Waals surface area contributed by atoms with E-state index in [-0.39, 0.29) is 12.1 Å². The molecule has 2 N–H and O–H groups in total. The Morgan fingerprint density at radius 2 is 1.93 bits per heavy atom. The van der Waals surface area contributed by atoms with E-state index in [2.05, 4.69) is 15.3 Å². The first-order valence-electron chi connectivity index (χ1n) is 8.75. The van der Waals surface area contributed by atoms with Crippen molar-refractivity contribution in [3.63, 3.8) is 0 Å². The van der Waals surface area contributed by atoms with Crippen molar-refractivity contribution in [1.82, 2.24) is 15.3 Å². The Balaban J connectivity index is 1.57. The standard InChI is InChI=1S/C20H13ClF2N4OS/c21-18-5-11(8-29-18)10-3-13(22)19(14(23)4-10)17-7-24-20(28)27(17)12-1-2-15-16(6-12)26-9-25-15/h1-6,8-9,17H,7H2,(H,24,28)(H,25,26). The van der Waals surface area contributed by atoms with Gasteiger partial charge in [0.15, 0.2) is 0 Å². The van der Waals surface area contributed by atoms with Gasteiger partial charge in [0.25, 0.3) is 0 Å². The summed E-state index contributed by atoms with van der Waals surface area (Å²) >= 11 is 7.22. The molecule has 1 unspecified atom stereocenters. The summed E-state index contributed by atoms with van der Waals surface area (Å²) in [7, 11) is 0. The van der Waals surface area contributed by atoms with Gasteiger partial charge in [-0.3, -0.25) is 4.90 Å². The van der Waals surface area contributed by atoms with Crippen molar-refractivity contribution in [3.05, 3.63) is 69.6 Å². The third-order valence-corrected chi connectivity index (χ3v) is 6.06. The number of thiophene rings is 1. The topological polar surface area (TPSA) is 61.0 Å². The number of aromatic nitrogens is 2. The normalized spacial score (nSPS) is 16.6. The summed E-state index contributed by atoms with van der Waals surface area (Å²) in [6.45, 7) is 0.0922. The van der Waals surface area contributed by atoms with Gasteiger partial charge in [-0.05, 0) is 47.5 Å². The van der Waals surface area contributed by atoms with Crippen LogP contribution in [-0.4, -0.2) is 22.5 Å². The van der Waals surface area contributed by atoms with Gasteiger partial charge < -0.3 is 10.3 Å². The summed E-state index contributed by atoms with van der Waals surface area (Å²) in [5, 5.41) is 4.41. The summed E-state index contributed by atoms with van der Waals surface area (Å²) in [5.41, 5.74) is 2.86. The number of carbonyl (C=O) groups is 1. The number of fused-ring (bicyclic) bond motifs is 1. The average Bonchev–Trinajstić information content (AvgIpc) is 3.40. The predicted octanol–water partition coefficient (Wildman–Crippen LogP) is 5.49. The number of nitrogens with zero attached hydrogens (tertiary/aromatic N) is 2. The smallest absolute Gasteiger partial charge is 0.322 e. The molecule has 5 rings (SSSR count). The maximum absolute atomic E-state index is 15.0. The zero-order valence-electron chi connectivity index (χ0n) is 14.7. The molecule has 0 aliphatic carbocycles. The van der Waals surface area contributed by atoms with Crippen LogP contribution in [0.5, 0.6) is 0 Å². The summed E-state index contributed by atoms with van der Waals surface area (Å²) < 4.78 is 30.6. The average molecular weight is 431 g/mol. The first-order valence-corrected chi connectivity index (χ1v) is 10.0. The minimum Gasteiger partial charge on any atom is -0.345 e. The van der Waals surface area contributed by atoms with E-state index in [0.29, 0.717) is 26.7 Å². The predicted molar refractivity (Wildman–Crippen MR) is 109 cm³/mol. The molecule has 29 heavy (non-hydrogen) atoms. The highest BCUT2D eigenvalue weighted by Crippen LogP contribution is 2.37. The second-order valence-electron chi connectivity index (χ2n) is 6.67. The number of hydrogen-bond acceptors (Lipinski definition) is 3. The number of nitrogens with one attached hydrogen (secondary N) is 2. The van der Waals surface area contributed by atoms with Crippen LogP contribution in [-0.2, 0) is 0 Å². The molecule has 2 aromatic carbocycles. The number of H-pyrrole nitrogens is 1. The highest BCUT2D eigenvalue weighted by Gasteiger charge is 2.37. The second-order valence-corrected chi connectivity index (χ2v) is 8.21. The highest BCUT2D eigenvalue weighted by molar-refractivity contribution is 7.14. The van der Waals surface area contributed by atoms with Gasteiger partial charge in [-0.15, -0.1) is 11.3 Å². The van der Waals surface area contributed by atoms with E-state index in [4.69, 9.17) is 11.6 Å². The maximum atomic E-state index is 15.0. The Hall–Kier alpha value is -2.97. The molecule has 5 nitrogen and oxygen atoms in total. The van der Waals surface area contributed by atoms with Crippen LogP contribution in [0, 0.1) is 11.6 Å². The van der Waals surface area contributed by atoms with E-state index in [0.717, 1.165) is 5.52 Å². The lowest BCUT2D eigenvalue weighted by molar-refractivity contribution is 0.251. The third kappa shape index (κ3) is 3.04. The second kappa shape index (κ2) is 6.82. The number of amides is 2. The zero-order valence-corrected chi connectivity index (χ0v) is 16.3. The molecule has 0 bridgehead atoms. The Bertz CT molecular complexity index is 1230. The highest BCUT2D eigenvalue weighted by atomic mass is 35.5. The molecule has 146 valence electrons. The van der Waals surface area contributed by atoms with Crippen LogP contribution in [0.2, 0.25) is 4.34 Å². The van der Waals surface area contributed by atoms with Crippen molar-refractivity contribution < 1.29 is 13.6 Å². The van der Waals surface area contributed by atoms with E-state index in [9.17, 15) is 4.79 Å². The van der Waals surface area contributed by atoms with Gasteiger partial charge >= 0.3 is 6.03 Å². The number of imidazole rings is 1. The fourth-order valence-electron chi connectivity index (χ4n) is 3.63. The van der Waals surface area contributed by atoms with E-state index < -0.39 is 23.7 Å². The van der Waals surface area contributed by atoms with Crippen LogP contribution in [0.3, 0.4) is 0 Å². The maximum Gasteiger partial charge on any atom is 0.322 e. The quantitative estimate of drug-likeness (QED) is 0.451. The van der Waals surface area contributed by atoms with Gasteiger partial charge in [-0.1, -0.05) is 11.6 Å². The molecule has 0 spiro atoms. The lowest BCUT2D eigenvalue weighted by atomic mass is 10.00. The van der Waals surface area contributed by atoms with Crippen LogP contribution in [0.25, 0.3) is 22.2 Å². The summed E-state index contributed by atoms with van der Waals surface area (Å²) in [4.78, 5) is 21.0. The van der Waals surface area contributed by atoms with Crippen LogP contribution in [0.1, 0.15) is 11.6 Å². The molecule has 3 heterocycles. The first kappa shape index (κ1) is 18.1. The molecule has 9 heteroatoms. The van der Waals surface area contributed by atoms with E-state index >= 15 is 8.78 Å². The Morgan fingerprint density at radius 3 is 2.66 bits per heavy atom. The lowest BCUT2D eigenvalue weighted by Crippen LogP contribution is -2.30. The van der Waals surface area contributed by atoms with Crippen LogP contribution < -0.4 is 10.2 Å². The number of hydrogen-bond donors (Lipinski definition) is 2. The summed E-state index contributed by atoms with van der Waals surface area (Å²) in [6, 6.07) is 8.17. The molecule has 1 saturated heterocycles. The lowest BCUT2D eigenvalue weighted by Gasteiger charge is -2.24. The minimum absolute atomic E-state index is 0.0922. The van der Waals surface area contributed by atoms with Gasteiger partial charge in [0.2, 0.25) is 0 Å². The van der Waals surface area contributed by atoms with Crippen molar-refractivity contribution in [2.75, 3.05) is 11.4 Å². The SMILES string of the molecule is O=C1NCC(c2c(F)cc(-c3csc(Cl)c3)cc2F)N1c1ccc2[nH]cnc2c1. The number of halogens is 3. The summed E-state index contributed by atoms with van der Waals surface area (Å²) in [5.74, 6) is -1.43. The number of benzene rings is 2. The Morgan fingerprint density at radius 1 is 1.14 bits per heavy atom. The monoisotopic (exact) mass is 430 g/mol. The van der Waals surface area contributed by atoms with E-state index in [1.165, 1.54) is 28.4 Å². The van der Waals surface area contributed by atoms with Gasteiger partial charge in [0, 0.05) is 23.2 Å². The fourth-order valence-corrected chi connectivity index (χ4v) is 4.52. The number of aromatic amines is 1. The minimum atomic E-state index is -0.820. The molecule has 2 aromatic heterocycles. The third-order valence-electron chi connectivity index (χ3n) is 4.97. The summed E-state index contributed by atoms with van der Waals surface area (Å²) in [6.07, 6.45) is 1.55. The molecule has 1 aliphatic heterocycles. The van der Waals surface area contributed by atoms with Gasteiger partial charge in [0.05, 0.1) is 27.7 Å². The number of anilines is 1. The fraction of sp³-hybridized carbons (Fsp3) is 0.100. The van der Waals surface area contributed by atoms with Crippen molar-refractivity contribution in [1.29, 1.82) is 0 Å². The molecule has 1 atom stereocenters. The molecule has 2 amide bonds. The van der Waals surface area contributed by atoms with Crippen molar-refractivity contribution in [2.24, 2.45) is 0 Å². The van der Waals surface area contributed by atoms with Crippen molar-refractivity contribution >= 4 is 45.7 Å². The van der Waals surface area contributed by atoms with Gasteiger partial charge in [-0.25, -0.2) is 18.6 Å². The van der Waals surface area contributed by atoms with E-state index in [1.54, 1.807) is 36.0 Å². The first-order chi connectivity index (χ1) is 14.0. The number of carbonyl (C=O) groups excluding carboxylic acids is 1. The molecule has 4 aromatic rings. The van der Waals surface area contributed by atoms with Gasteiger partial charge in [0.1, 0.15) is 11.6 Å². The molecule has 0 saturated carbocycles. The van der Waals surface area contributed by atoms with Crippen molar-refractivity contribution in [2.45, 2.75) is 6.04 Å². The number of rotatable bonds is 3. The van der Waals surface area contributed by atoms with E-state index in [1.807, 2.05) is 0 Å². The zero-order chi connectivity index (χ0) is 20.1.